The Morgan fingerprint density at radius 1 is 1.09 bits per heavy atom. The monoisotopic (exact) mass is 600 g/mol. The van der Waals surface area contributed by atoms with Gasteiger partial charge in [0.15, 0.2) is 5.82 Å². The zero-order valence-corrected chi connectivity index (χ0v) is 24.6. The van der Waals surface area contributed by atoms with Crippen LogP contribution in [0.1, 0.15) is 31.0 Å². The van der Waals surface area contributed by atoms with Gasteiger partial charge in [-0.15, -0.1) is 0 Å². The van der Waals surface area contributed by atoms with Crippen molar-refractivity contribution in [2.24, 2.45) is 7.05 Å². The van der Waals surface area contributed by atoms with Crippen LogP contribution < -0.4 is 15.5 Å². The molecule has 2 aromatic carbocycles. The number of carbonyl (C=O) groups excluding carboxylic acids is 1. The lowest BCUT2D eigenvalue weighted by Crippen LogP contribution is -2.44. The number of nitriles is 1. The Labute approximate surface area is 250 Å². The molecular formula is C30H32N8O4S. The lowest BCUT2D eigenvalue weighted by Gasteiger charge is -2.41. The highest BCUT2D eigenvalue weighted by molar-refractivity contribution is 8.25. The van der Waals surface area contributed by atoms with Gasteiger partial charge in [-0.05, 0) is 68.3 Å². The highest BCUT2D eigenvalue weighted by atomic mass is 32.3. The zero-order valence-electron chi connectivity index (χ0n) is 23.8. The summed E-state index contributed by atoms with van der Waals surface area (Å²) in [5.41, 5.74) is 2.88. The van der Waals surface area contributed by atoms with Gasteiger partial charge in [-0.2, -0.15) is 21.0 Å². The molecule has 2 fully saturated rings. The highest BCUT2D eigenvalue weighted by Crippen LogP contribution is 2.75. The van der Waals surface area contributed by atoms with Crippen LogP contribution in [0.15, 0.2) is 71.9 Å². The molecule has 0 radical (unpaired) electrons. The molecule has 6 rings (SSSR count). The van der Waals surface area contributed by atoms with Gasteiger partial charge < -0.3 is 20.3 Å². The molecule has 1 atom stereocenters. The van der Waals surface area contributed by atoms with E-state index in [9.17, 15) is 19.2 Å². The van der Waals surface area contributed by atoms with Gasteiger partial charge in [0, 0.05) is 37.1 Å². The van der Waals surface area contributed by atoms with Crippen LogP contribution in [0, 0.1) is 11.3 Å². The summed E-state index contributed by atoms with van der Waals surface area (Å²) < 4.78 is 29.6. The molecule has 2 aliphatic rings. The van der Waals surface area contributed by atoms with E-state index in [1.807, 2.05) is 18.2 Å². The number of nitrogens with one attached hydrogen (secondary N) is 2. The van der Waals surface area contributed by atoms with E-state index >= 15 is 0 Å². The summed E-state index contributed by atoms with van der Waals surface area (Å²) >= 11 is 0. The van der Waals surface area contributed by atoms with E-state index in [0.29, 0.717) is 77.3 Å². The number of aryl methyl sites for hydroxylation is 1. The number of hydrogen-bond donors (Lipinski definition) is 4. The number of ether oxygens (including phenoxy) is 1. The predicted octanol–water partition coefficient (Wildman–Crippen LogP) is 5.42. The molecule has 1 aliphatic heterocycles. The van der Waals surface area contributed by atoms with Crippen molar-refractivity contribution in [3.8, 4) is 17.5 Å². The first kappa shape index (κ1) is 28.6. The first-order chi connectivity index (χ1) is 20.7. The fraction of sp³-hybridized carbons (Fsp3) is 0.300. The summed E-state index contributed by atoms with van der Waals surface area (Å²) in [6, 6.07) is 17.2. The molecule has 222 valence electrons. The third-order valence-corrected chi connectivity index (χ3v) is 10.4. The maximum atomic E-state index is 12.4. The maximum Gasteiger partial charge on any atom is 0.323 e. The van der Waals surface area contributed by atoms with Gasteiger partial charge in [-0.25, -0.2) is 14.8 Å². The van der Waals surface area contributed by atoms with E-state index in [1.54, 1.807) is 60.5 Å². The van der Waals surface area contributed by atoms with E-state index < -0.39 is 21.4 Å². The molecule has 13 heteroatoms. The number of rotatable bonds is 7. The number of urea groups is 1. The average molecular weight is 601 g/mol. The summed E-state index contributed by atoms with van der Waals surface area (Å²) in [6.45, 7) is 3.83. The van der Waals surface area contributed by atoms with Gasteiger partial charge in [0.1, 0.15) is 10.6 Å². The van der Waals surface area contributed by atoms with Crippen LogP contribution in [-0.2, 0) is 16.5 Å². The van der Waals surface area contributed by atoms with Crippen molar-refractivity contribution in [3.63, 3.8) is 0 Å². The first-order valence-corrected chi connectivity index (χ1v) is 15.4. The molecule has 0 unspecified atom stereocenters. The Morgan fingerprint density at radius 3 is 2.44 bits per heavy atom. The van der Waals surface area contributed by atoms with Crippen molar-refractivity contribution < 1.29 is 18.6 Å². The van der Waals surface area contributed by atoms with Gasteiger partial charge in [0.25, 0.3) is 0 Å². The van der Waals surface area contributed by atoms with Crippen molar-refractivity contribution in [3.05, 3.63) is 78.2 Å². The Balaban J connectivity index is 1.32. The van der Waals surface area contributed by atoms with Gasteiger partial charge in [-0.3, -0.25) is 13.8 Å². The van der Waals surface area contributed by atoms with Crippen LogP contribution in [0.25, 0.3) is 11.4 Å². The van der Waals surface area contributed by atoms with Crippen molar-refractivity contribution in [1.82, 2.24) is 19.7 Å². The molecule has 1 saturated carbocycles. The lowest BCUT2D eigenvalue weighted by molar-refractivity contribution is 0.0985. The van der Waals surface area contributed by atoms with Gasteiger partial charge in [-0.1, -0.05) is 0 Å². The zero-order chi connectivity index (χ0) is 30.2. The van der Waals surface area contributed by atoms with Gasteiger partial charge in [0.2, 0.25) is 0 Å². The summed E-state index contributed by atoms with van der Waals surface area (Å²) in [6.07, 6.45) is 4.36. The number of nitrogens with zero attached hydrogens (tertiary/aromatic N) is 6. The largest absolute Gasteiger partial charge is 0.377 e. The summed E-state index contributed by atoms with van der Waals surface area (Å²) in [4.78, 5) is 24.8. The van der Waals surface area contributed by atoms with Crippen LogP contribution in [-0.4, -0.2) is 60.7 Å². The van der Waals surface area contributed by atoms with Crippen molar-refractivity contribution in [1.29, 1.82) is 5.26 Å². The third-order valence-electron chi connectivity index (χ3n) is 7.77. The molecule has 2 amide bonds. The van der Waals surface area contributed by atoms with E-state index in [1.165, 1.54) is 0 Å². The number of amides is 2. The number of aromatic nitrogens is 4. The smallest absolute Gasteiger partial charge is 0.323 e. The van der Waals surface area contributed by atoms with E-state index in [4.69, 9.17) is 14.7 Å². The number of hydrogen-bond acceptors (Lipinski definition) is 9. The normalized spacial score (nSPS) is 18.0. The van der Waals surface area contributed by atoms with Crippen LogP contribution in [0.3, 0.4) is 0 Å². The maximum absolute atomic E-state index is 12.4. The quantitative estimate of drug-likeness (QED) is 0.217. The van der Waals surface area contributed by atoms with Crippen molar-refractivity contribution in [2.75, 3.05) is 35.3 Å². The number of anilines is 3. The van der Waals surface area contributed by atoms with E-state index in [2.05, 4.69) is 33.6 Å². The second-order valence-corrected chi connectivity index (χ2v) is 13.1. The minimum absolute atomic E-state index is 0.0725. The van der Waals surface area contributed by atoms with Crippen LogP contribution >= 0.6 is 10.6 Å². The molecule has 4 aromatic rings. The fourth-order valence-electron chi connectivity index (χ4n) is 5.24. The Hall–Kier alpha value is -4.48. The van der Waals surface area contributed by atoms with Gasteiger partial charge in [0.05, 0.1) is 53.4 Å². The average Bonchev–Trinajstić information content (AvgIpc) is 3.74. The number of carbonyl (C=O) groups is 1. The van der Waals surface area contributed by atoms with Crippen LogP contribution in [0.2, 0.25) is 0 Å². The predicted molar refractivity (Wildman–Crippen MR) is 164 cm³/mol. The minimum Gasteiger partial charge on any atom is -0.377 e. The summed E-state index contributed by atoms with van der Waals surface area (Å²) in [7, 11) is -1.54. The highest BCUT2D eigenvalue weighted by Gasteiger charge is 2.57. The number of benzene rings is 2. The van der Waals surface area contributed by atoms with E-state index in [0.717, 1.165) is 0 Å². The first-order valence-electron chi connectivity index (χ1n) is 13.9. The molecule has 1 aliphatic carbocycles. The van der Waals surface area contributed by atoms with Crippen molar-refractivity contribution >= 4 is 33.8 Å². The molecular weight excluding hydrogens is 568 g/mol. The van der Waals surface area contributed by atoms with E-state index in [-0.39, 0.29) is 6.04 Å². The summed E-state index contributed by atoms with van der Waals surface area (Å²) in [5, 5.41) is 18.8. The molecule has 3 heterocycles. The number of morpholine rings is 1. The molecule has 2 aromatic heterocycles. The molecule has 12 nitrogen and oxygen atoms in total. The van der Waals surface area contributed by atoms with Crippen LogP contribution in [0.4, 0.5) is 22.0 Å². The Bertz CT molecular complexity index is 1680. The Morgan fingerprint density at radius 2 is 1.81 bits per heavy atom. The lowest BCUT2D eigenvalue weighted by atomic mass is 10.1. The second kappa shape index (κ2) is 11.3. The topological polar surface area (TPSA) is 161 Å². The minimum atomic E-state index is -3.31. The second-order valence-electron chi connectivity index (χ2n) is 10.8. The molecule has 1 saturated heterocycles. The molecule has 0 bridgehead atoms. The summed E-state index contributed by atoms with van der Waals surface area (Å²) in [5.74, 6) is 1.13. The third kappa shape index (κ3) is 5.65. The molecule has 4 N–H and O–H groups in total. The molecule has 43 heavy (non-hydrogen) atoms. The SMILES string of the molecule is C[C@H]1COCCN1c1cc(C2(S(O)(O)c3ccc(C#N)cc3)CC2)nc(-c2ccc(NC(=O)Nc3cnn(C)c3)cc2)n1. The fourth-order valence-corrected chi connectivity index (χ4v) is 7.27. The van der Waals surface area contributed by atoms with Crippen molar-refractivity contribution in [2.45, 2.75) is 35.4 Å². The van der Waals surface area contributed by atoms with Crippen LogP contribution in [0.5, 0.6) is 0 Å². The Kier molecular flexibility index (Phi) is 7.53. The standard InChI is InChI=1S/C30H32N8O4S/c1-20-19-42-14-13-38(20)27-15-26(30(11-12-30)43(40,41)25-9-3-21(16-31)4-10-25)35-28(36-27)22-5-7-23(8-6-22)33-29(39)34-24-17-32-37(2)18-24/h3-10,15,17-18,20,40-41H,11-14,19H2,1-2H3,(H2,33,34,39)/t20-/m0/s1. The molecule has 0 spiro atoms. The van der Waals surface area contributed by atoms with Gasteiger partial charge >= 0.3 is 6.03 Å².